The molecule has 5 nitrogen and oxygen atoms in total. The molecule has 0 saturated heterocycles. The van der Waals surface area contributed by atoms with E-state index in [4.69, 9.17) is 5.11 Å². The molecule has 7 heteroatoms. The summed E-state index contributed by atoms with van der Waals surface area (Å²) in [6.45, 7) is 2.60. The molecule has 3 N–H and O–H groups in total. The predicted octanol–water partition coefficient (Wildman–Crippen LogP) is 1.49. The fraction of sp³-hybridized carbons (Fsp3) is 0.818. The Hall–Kier alpha value is -0.560. The van der Waals surface area contributed by atoms with Gasteiger partial charge in [0.25, 0.3) is 0 Å². The summed E-state index contributed by atoms with van der Waals surface area (Å²) in [7, 11) is 0. The van der Waals surface area contributed by atoms with Crippen LogP contribution in [0, 0.1) is 5.92 Å². The van der Waals surface area contributed by atoms with Gasteiger partial charge in [-0.15, -0.1) is 0 Å². The molecule has 2 atom stereocenters. The zero-order valence-corrected chi connectivity index (χ0v) is 12.7. The van der Waals surface area contributed by atoms with Crippen molar-refractivity contribution in [3.63, 3.8) is 0 Å². The molecule has 0 radical (unpaired) electrons. The second-order valence-corrected chi connectivity index (χ2v) is 5.98. The van der Waals surface area contributed by atoms with Crippen LogP contribution in [0.15, 0.2) is 0 Å². The van der Waals surface area contributed by atoms with Crippen molar-refractivity contribution in [2.75, 3.05) is 30.6 Å². The van der Waals surface area contributed by atoms with E-state index in [1.807, 2.05) is 19.4 Å². The number of carboxylic acids is 1. The second kappa shape index (κ2) is 10.4. The molecule has 0 aromatic heterocycles. The van der Waals surface area contributed by atoms with Gasteiger partial charge in [-0.3, -0.25) is 0 Å². The molecular weight excluding hydrogens is 272 g/mol. The number of urea groups is 1. The van der Waals surface area contributed by atoms with Gasteiger partial charge in [-0.05, 0) is 36.4 Å². The molecule has 0 spiro atoms. The van der Waals surface area contributed by atoms with Crippen LogP contribution in [0.1, 0.15) is 13.3 Å². The number of carbonyl (C=O) groups excluding carboxylic acids is 1. The third-order valence-corrected chi connectivity index (χ3v) is 3.82. The summed E-state index contributed by atoms with van der Waals surface area (Å²) in [5.41, 5.74) is 0. The van der Waals surface area contributed by atoms with E-state index in [2.05, 4.69) is 10.6 Å². The standard InChI is InChI=1S/C11H22N2O3S2/c1-8(7-18-3)6-12-11(16)13-9(10(14)15)4-5-17-2/h8-9H,4-7H2,1-3H3,(H,14,15)(H2,12,13,16)/t8?,9-/m1/s1. The Morgan fingerprint density at radius 1 is 1.28 bits per heavy atom. The van der Waals surface area contributed by atoms with Crippen LogP contribution < -0.4 is 10.6 Å². The summed E-state index contributed by atoms with van der Waals surface area (Å²) >= 11 is 3.28. The number of hydrogen-bond donors (Lipinski definition) is 3. The molecule has 0 aliphatic rings. The first-order chi connectivity index (χ1) is 8.51. The monoisotopic (exact) mass is 294 g/mol. The van der Waals surface area contributed by atoms with Crippen molar-refractivity contribution in [2.45, 2.75) is 19.4 Å². The molecule has 0 rings (SSSR count). The molecule has 106 valence electrons. The van der Waals surface area contributed by atoms with Crippen LogP contribution in [0.4, 0.5) is 4.79 Å². The zero-order valence-electron chi connectivity index (χ0n) is 11.1. The minimum absolute atomic E-state index is 0.375. The summed E-state index contributed by atoms with van der Waals surface area (Å²) in [6, 6.07) is -1.22. The Morgan fingerprint density at radius 2 is 1.94 bits per heavy atom. The van der Waals surface area contributed by atoms with Gasteiger partial charge < -0.3 is 15.7 Å². The van der Waals surface area contributed by atoms with Gasteiger partial charge in [0.1, 0.15) is 6.04 Å². The Morgan fingerprint density at radius 3 is 2.44 bits per heavy atom. The summed E-state index contributed by atoms with van der Waals surface area (Å²) in [5, 5.41) is 14.1. The SMILES string of the molecule is CSCC[C@@H](NC(=O)NCC(C)CSC)C(=O)O. The first kappa shape index (κ1) is 17.4. The molecule has 0 aromatic rings. The molecule has 0 bridgehead atoms. The maximum atomic E-state index is 11.5. The van der Waals surface area contributed by atoms with Crippen LogP contribution in [0.3, 0.4) is 0 Å². The summed E-state index contributed by atoms with van der Waals surface area (Å²) < 4.78 is 0. The van der Waals surface area contributed by atoms with Gasteiger partial charge in [-0.2, -0.15) is 23.5 Å². The average Bonchev–Trinajstić information content (AvgIpc) is 2.32. The van der Waals surface area contributed by atoms with Gasteiger partial charge >= 0.3 is 12.0 Å². The molecule has 0 saturated carbocycles. The van der Waals surface area contributed by atoms with Crippen molar-refractivity contribution in [1.29, 1.82) is 0 Å². The summed E-state index contributed by atoms with van der Waals surface area (Å²) in [4.78, 5) is 22.5. The minimum Gasteiger partial charge on any atom is -0.480 e. The molecule has 0 aliphatic heterocycles. The fourth-order valence-corrected chi connectivity index (χ4v) is 2.47. The first-order valence-electron chi connectivity index (χ1n) is 5.76. The van der Waals surface area contributed by atoms with Gasteiger partial charge in [0, 0.05) is 6.54 Å². The van der Waals surface area contributed by atoms with Crippen LogP contribution >= 0.6 is 23.5 Å². The smallest absolute Gasteiger partial charge is 0.326 e. The van der Waals surface area contributed by atoms with Crippen molar-refractivity contribution in [3.05, 3.63) is 0 Å². The molecule has 0 aromatic carbocycles. The quantitative estimate of drug-likeness (QED) is 0.600. The Balaban J connectivity index is 3.98. The number of nitrogens with one attached hydrogen (secondary N) is 2. The lowest BCUT2D eigenvalue weighted by atomic mass is 10.2. The van der Waals surface area contributed by atoms with Crippen molar-refractivity contribution in [1.82, 2.24) is 10.6 Å². The van der Waals surface area contributed by atoms with Crippen molar-refractivity contribution in [3.8, 4) is 0 Å². The first-order valence-corrected chi connectivity index (χ1v) is 8.55. The zero-order chi connectivity index (χ0) is 14.0. The Labute approximate surface area is 117 Å². The molecule has 1 unspecified atom stereocenters. The fourth-order valence-electron chi connectivity index (χ4n) is 1.31. The number of carboxylic acid groups (broad SMARTS) is 1. The Bertz CT molecular complexity index is 265. The van der Waals surface area contributed by atoms with E-state index in [1.54, 1.807) is 23.5 Å². The van der Waals surface area contributed by atoms with Crippen LogP contribution in [-0.2, 0) is 4.79 Å². The van der Waals surface area contributed by atoms with Crippen LogP contribution in [-0.4, -0.2) is 53.7 Å². The van der Waals surface area contributed by atoms with E-state index >= 15 is 0 Å². The molecule has 0 aliphatic carbocycles. The second-order valence-electron chi connectivity index (χ2n) is 4.09. The third-order valence-electron chi connectivity index (χ3n) is 2.28. The molecular formula is C11H22N2O3S2. The van der Waals surface area contributed by atoms with Gasteiger partial charge in [-0.25, -0.2) is 9.59 Å². The van der Waals surface area contributed by atoms with E-state index in [0.29, 0.717) is 24.6 Å². The molecule has 0 heterocycles. The van der Waals surface area contributed by atoms with E-state index in [1.165, 1.54) is 0 Å². The van der Waals surface area contributed by atoms with Gasteiger partial charge in [0.05, 0.1) is 0 Å². The number of hydrogen-bond acceptors (Lipinski definition) is 4. The van der Waals surface area contributed by atoms with E-state index in [9.17, 15) is 9.59 Å². The van der Waals surface area contributed by atoms with Gasteiger partial charge in [-0.1, -0.05) is 6.92 Å². The van der Waals surface area contributed by atoms with E-state index in [-0.39, 0.29) is 0 Å². The molecule has 2 amide bonds. The average molecular weight is 294 g/mol. The largest absolute Gasteiger partial charge is 0.480 e. The topological polar surface area (TPSA) is 78.4 Å². The van der Waals surface area contributed by atoms with Crippen LogP contribution in [0.25, 0.3) is 0 Å². The van der Waals surface area contributed by atoms with Crippen LogP contribution in [0.5, 0.6) is 0 Å². The summed E-state index contributed by atoms with van der Waals surface area (Å²) in [5.74, 6) is 1.06. The van der Waals surface area contributed by atoms with Crippen LogP contribution in [0.2, 0.25) is 0 Å². The highest BCUT2D eigenvalue weighted by Gasteiger charge is 2.19. The normalized spacial score (nSPS) is 13.7. The van der Waals surface area contributed by atoms with Crippen molar-refractivity contribution < 1.29 is 14.7 Å². The Kier molecular flexibility index (Phi) is 10.0. The van der Waals surface area contributed by atoms with E-state index < -0.39 is 18.0 Å². The highest BCUT2D eigenvalue weighted by atomic mass is 32.2. The molecule has 0 fully saturated rings. The van der Waals surface area contributed by atoms with Crippen molar-refractivity contribution in [2.24, 2.45) is 5.92 Å². The lowest BCUT2D eigenvalue weighted by molar-refractivity contribution is -0.139. The number of thioether (sulfide) groups is 2. The number of rotatable bonds is 9. The third kappa shape index (κ3) is 8.52. The lowest BCUT2D eigenvalue weighted by Crippen LogP contribution is -2.47. The maximum absolute atomic E-state index is 11.5. The highest BCUT2D eigenvalue weighted by molar-refractivity contribution is 7.98. The highest BCUT2D eigenvalue weighted by Crippen LogP contribution is 2.03. The summed E-state index contributed by atoms with van der Waals surface area (Å²) in [6.07, 6.45) is 4.35. The van der Waals surface area contributed by atoms with E-state index in [0.717, 1.165) is 5.75 Å². The number of aliphatic carboxylic acids is 1. The number of carbonyl (C=O) groups is 2. The van der Waals surface area contributed by atoms with Crippen molar-refractivity contribution >= 4 is 35.5 Å². The number of amides is 2. The van der Waals surface area contributed by atoms with Gasteiger partial charge in [0.2, 0.25) is 0 Å². The lowest BCUT2D eigenvalue weighted by Gasteiger charge is -2.16. The predicted molar refractivity (Wildman–Crippen MR) is 78.5 cm³/mol. The van der Waals surface area contributed by atoms with Gasteiger partial charge in [0.15, 0.2) is 0 Å². The minimum atomic E-state index is -0.989. The maximum Gasteiger partial charge on any atom is 0.326 e. The molecule has 18 heavy (non-hydrogen) atoms.